The Hall–Kier alpha value is -2.22. The van der Waals surface area contributed by atoms with Crippen molar-refractivity contribution in [2.75, 3.05) is 7.11 Å². The lowest BCUT2D eigenvalue weighted by Crippen LogP contribution is -1.89. The molecule has 2 aromatic rings. The highest BCUT2D eigenvalue weighted by Crippen LogP contribution is 2.27. The van der Waals surface area contributed by atoms with Crippen molar-refractivity contribution in [3.63, 3.8) is 0 Å². The first-order chi connectivity index (χ1) is 9.24. The van der Waals surface area contributed by atoms with Crippen molar-refractivity contribution in [1.29, 1.82) is 0 Å². The van der Waals surface area contributed by atoms with Crippen molar-refractivity contribution in [3.8, 4) is 11.5 Å². The molecule has 0 aliphatic rings. The van der Waals surface area contributed by atoms with E-state index in [1.54, 1.807) is 19.2 Å². The highest BCUT2D eigenvalue weighted by Gasteiger charge is 2.05. The molecule has 2 rings (SSSR count). The van der Waals surface area contributed by atoms with Crippen LogP contribution in [-0.2, 0) is 0 Å². The lowest BCUT2D eigenvalue weighted by molar-refractivity contribution is 0.415. The average molecular weight is 254 g/mol. The van der Waals surface area contributed by atoms with Gasteiger partial charge in [-0.2, -0.15) is 0 Å². The van der Waals surface area contributed by atoms with Gasteiger partial charge in [-0.1, -0.05) is 37.3 Å². The average Bonchev–Trinajstić information content (AvgIpc) is 2.46. The molecule has 0 aliphatic heterocycles. The maximum absolute atomic E-state index is 9.37. The van der Waals surface area contributed by atoms with E-state index in [1.807, 2.05) is 36.4 Å². The molecule has 0 unspecified atom stereocenters. The van der Waals surface area contributed by atoms with E-state index in [0.29, 0.717) is 0 Å². The third kappa shape index (κ3) is 3.16. The largest absolute Gasteiger partial charge is 0.508 e. The number of aromatic hydroxyl groups is 1. The first-order valence-corrected chi connectivity index (χ1v) is 6.38. The van der Waals surface area contributed by atoms with Crippen LogP contribution in [0.3, 0.4) is 0 Å². The summed E-state index contributed by atoms with van der Waals surface area (Å²) in [6.07, 6.45) is 3.15. The SMILES string of the molecule is CC/C=C(/c1ccc(O)cc1)c1ccc(OC)cc1. The van der Waals surface area contributed by atoms with Crippen molar-refractivity contribution in [1.82, 2.24) is 0 Å². The van der Waals surface area contributed by atoms with E-state index in [1.165, 1.54) is 5.57 Å². The van der Waals surface area contributed by atoms with Crippen LogP contribution >= 0.6 is 0 Å². The fourth-order valence-corrected chi connectivity index (χ4v) is 2.02. The fraction of sp³-hybridized carbons (Fsp3) is 0.176. The summed E-state index contributed by atoms with van der Waals surface area (Å²) in [5, 5.41) is 9.37. The van der Waals surface area contributed by atoms with Crippen LogP contribution in [0, 0.1) is 0 Å². The molecule has 0 fully saturated rings. The van der Waals surface area contributed by atoms with Crippen molar-refractivity contribution in [2.45, 2.75) is 13.3 Å². The minimum atomic E-state index is 0.286. The predicted octanol–water partition coefficient (Wildman–Crippen LogP) is 4.24. The number of phenolic OH excluding ortho intramolecular Hbond substituents is 1. The summed E-state index contributed by atoms with van der Waals surface area (Å²) in [7, 11) is 1.66. The number of ether oxygens (including phenoxy) is 1. The molecule has 19 heavy (non-hydrogen) atoms. The van der Waals surface area contributed by atoms with Gasteiger partial charge in [-0.15, -0.1) is 0 Å². The summed E-state index contributed by atoms with van der Waals surface area (Å²) in [4.78, 5) is 0. The van der Waals surface area contributed by atoms with Gasteiger partial charge < -0.3 is 9.84 Å². The zero-order valence-electron chi connectivity index (χ0n) is 11.3. The van der Waals surface area contributed by atoms with Crippen LogP contribution in [0.5, 0.6) is 11.5 Å². The molecule has 0 heterocycles. The minimum absolute atomic E-state index is 0.286. The van der Waals surface area contributed by atoms with Gasteiger partial charge in [0.25, 0.3) is 0 Å². The molecule has 0 bridgehead atoms. The van der Waals surface area contributed by atoms with E-state index < -0.39 is 0 Å². The lowest BCUT2D eigenvalue weighted by atomic mass is 9.97. The normalized spacial score (nSPS) is 11.4. The molecule has 0 radical (unpaired) electrons. The van der Waals surface area contributed by atoms with E-state index in [2.05, 4.69) is 13.0 Å². The van der Waals surface area contributed by atoms with Crippen molar-refractivity contribution < 1.29 is 9.84 Å². The van der Waals surface area contributed by atoms with Crippen LogP contribution < -0.4 is 4.74 Å². The zero-order chi connectivity index (χ0) is 13.7. The Labute approximate surface area is 114 Å². The third-order valence-electron chi connectivity index (χ3n) is 2.99. The van der Waals surface area contributed by atoms with Crippen LogP contribution in [0.1, 0.15) is 24.5 Å². The number of hydrogen-bond donors (Lipinski definition) is 1. The number of rotatable bonds is 4. The number of benzene rings is 2. The van der Waals surface area contributed by atoms with Gasteiger partial charge in [0.05, 0.1) is 7.11 Å². The van der Waals surface area contributed by atoms with E-state index in [9.17, 15) is 5.11 Å². The van der Waals surface area contributed by atoms with Gasteiger partial charge in [-0.25, -0.2) is 0 Å². The smallest absolute Gasteiger partial charge is 0.118 e. The molecular formula is C17H18O2. The quantitative estimate of drug-likeness (QED) is 0.884. The van der Waals surface area contributed by atoms with Crippen LogP contribution in [0.2, 0.25) is 0 Å². The van der Waals surface area contributed by atoms with Gasteiger partial charge in [0.1, 0.15) is 11.5 Å². The molecule has 1 N–H and O–H groups in total. The summed E-state index contributed by atoms with van der Waals surface area (Å²) >= 11 is 0. The Kier molecular flexibility index (Phi) is 4.24. The molecule has 0 aromatic heterocycles. The second kappa shape index (κ2) is 6.10. The lowest BCUT2D eigenvalue weighted by Gasteiger charge is -2.09. The van der Waals surface area contributed by atoms with E-state index in [0.717, 1.165) is 23.3 Å². The molecule has 0 aliphatic carbocycles. The molecule has 0 spiro atoms. The van der Waals surface area contributed by atoms with Gasteiger partial charge in [0, 0.05) is 0 Å². The third-order valence-corrected chi connectivity index (χ3v) is 2.99. The van der Waals surface area contributed by atoms with E-state index >= 15 is 0 Å². The maximum atomic E-state index is 9.37. The highest BCUT2D eigenvalue weighted by atomic mass is 16.5. The first-order valence-electron chi connectivity index (χ1n) is 6.38. The van der Waals surface area contributed by atoms with Crippen molar-refractivity contribution >= 4 is 5.57 Å². The van der Waals surface area contributed by atoms with Crippen LogP contribution in [0.4, 0.5) is 0 Å². The summed E-state index contributed by atoms with van der Waals surface area (Å²) in [5.74, 6) is 1.14. The van der Waals surface area contributed by atoms with Crippen molar-refractivity contribution in [2.24, 2.45) is 0 Å². The van der Waals surface area contributed by atoms with Gasteiger partial charge >= 0.3 is 0 Å². The molecule has 0 atom stereocenters. The topological polar surface area (TPSA) is 29.5 Å². The number of allylic oxidation sites excluding steroid dienone is 1. The fourth-order valence-electron chi connectivity index (χ4n) is 2.02. The summed E-state index contributed by atoms with van der Waals surface area (Å²) in [6.45, 7) is 2.12. The Morgan fingerprint density at radius 1 is 1.00 bits per heavy atom. The monoisotopic (exact) mass is 254 g/mol. The summed E-state index contributed by atoms with van der Waals surface area (Å²) < 4.78 is 5.18. The Morgan fingerprint density at radius 3 is 2.00 bits per heavy atom. The maximum Gasteiger partial charge on any atom is 0.118 e. The standard InChI is InChI=1S/C17H18O2/c1-3-4-17(13-5-9-15(18)10-6-13)14-7-11-16(19-2)12-8-14/h4-12,18H,3H2,1-2H3/b17-4-. The number of hydrogen-bond acceptors (Lipinski definition) is 2. The first kappa shape index (κ1) is 13.2. The second-order valence-electron chi connectivity index (χ2n) is 4.30. The molecule has 0 saturated carbocycles. The molecule has 98 valence electrons. The van der Waals surface area contributed by atoms with E-state index in [4.69, 9.17) is 4.74 Å². The molecule has 0 amide bonds. The number of phenols is 1. The molecule has 2 heteroatoms. The Bertz CT molecular complexity index is 551. The minimum Gasteiger partial charge on any atom is -0.508 e. The van der Waals surface area contributed by atoms with Gasteiger partial charge in [-0.05, 0) is 47.4 Å². The Balaban J connectivity index is 2.39. The van der Waals surface area contributed by atoms with Crippen molar-refractivity contribution in [3.05, 3.63) is 65.7 Å². The molecule has 2 aromatic carbocycles. The summed E-state index contributed by atoms with van der Waals surface area (Å²) in [5.41, 5.74) is 3.42. The number of methoxy groups -OCH3 is 1. The molecule has 2 nitrogen and oxygen atoms in total. The van der Waals surface area contributed by atoms with Crippen LogP contribution in [0.25, 0.3) is 5.57 Å². The second-order valence-corrected chi connectivity index (χ2v) is 4.30. The zero-order valence-corrected chi connectivity index (χ0v) is 11.3. The van der Waals surface area contributed by atoms with Crippen LogP contribution in [0.15, 0.2) is 54.6 Å². The molecular weight excluding hydrogens is 236 g/mol. The highest BCUT2D eigenvalue weighted by molar-refractivity contribution is 5.80. The predicted molar refractivity (Wildman–Crippen MR) is 78.5 cm³/mol. The van der Waals surface area contributed by atoms with Gasteiger partial charge in [-0.3, -0.25) is 0 Å². The van der Waals surface area contributed by atoms with Gasteiger partial charge in [0.2, 0.25) is 0 Å². The van der Waals surface area contributed by atoms with E-state index in [-0.39, 0.29) is 5.75 Å². The summed E-state index contributed by atoms with van der Waals surface area (Å²) in [6, 6.07) is 15.3. The van der Waals surface area contributed by atoms with Gasteiger partial charge in [0.15, 0.2) is 0 Å². The Morgan fingerprint density at radius 2 is 1.53 bits per heavy atom. The van der Waals surface area contributed by atoms with Crippen LogP contribution in [-0.4, -0.2) is 12.2 Å². The molecule has 0 saturated heterocycles.